The average molecular weight is 342 g/mol. The number of Topliss-reactive ketones (excluding diaryl/α,β-unsaturated/α-hetero) is 1. The molecule has 136 valence electrons. The summed E-state index contributed by atoms with van der Waals surface area (Å²) in [5.74, 6) is 2.50. The molecule has 0 N–H and O–H groups in total. The van der Waals surface area contributed by atoms with Crippen LogP contribution in [0.15, 0.2) is 11.6 Å². The summed E-state index contributed by atoms with van der Waals surface area (Å²) in [4.78, 5) is 24.5. The fraction of sp³-hybridized carbons (Fsp3) is 0.818. The summed E-state index contributed by atoms with van der Waals surface area (Å²) < 4.78 is 6.18. The van der Waals surface area contributed by atoms with E-state index in [9.17, 15) is 9.59 Å². The average Bonchev–Trinajstić information content (AvgIpc) is 3.13. The van der Waals surface area contributed by atoms with Crippen LogP contribution in [0.1, 0.15) is 72.6 Å². The van der Waals surface area contributed by atoms with Crippen molar-refractivity contribution in [3.63, 3.8) is 0 Å². The van der Waals surface area contributed by atoms with E-state index in [1.54, 1.807) is 6.92 Å². The standard InChI is InChI=1S/C22H30O3/c1-13(23)22-20(3)10-8-17-16(18(20)12-21(22,4)25-22)6-5-14-11-15(24)7-9-19(14,17)2/h11,16-18H,5-10,12H2,1-4H3. The molecule has 4 fully saturated rings. The minimum atomic E-state index is -0.519. The lowest BCUT2D eigenvalue weighted by atomic mass is 9.46. The summed E-state index contributed by atoms with van der Waals surface area (Å²) in [6, 6.07) is 0. The number of carbonyl (C=O) groups is 2. The molecule has 0 aromatic carbocycles. The molecule has 5 rings (SSSR count). The first-order valence-corrected chi connectivity index (χ1v) is 10.1. The minimum Gasteiger partial charge on any atom is -0.354 e. The first-order valence-electron chi connectivity index (χ1n) is 10.1. The molecule has 4 aliphatic carbocycles. The van der Waals surface area contributed by atoms with E-state index in [2.05, 4.69) is 20.8 Å². The smallest absolute Gasteiger partial charge is 0.165 e. The van der Waals surface area contributed by atoms with Gasteiger partial charge in [0.2, 0.25) is 0 Å². The molecular formula is C22H30O3. The summed E-state index contributed by atoms with van der Waals surface area (Å²) in [7, 11) is 0. The molecule has 7 unspecified atom stereocenters. The van der Waals surface area contributed by atoms with Gasteiger partial charge >= 0.3 is 0 Å². The molecule has 1 saturated heterocycles. The lowest BCUT2D eigenvalue weighted by Gasteiger charge is -2.58. The van der Waals surface area contributed by atoms with E-state index in [-0.39, 0.29) is 22.2 Å². The quantitative estimate of drug-likeness (QED) is 0.670. The summed E-state index contributed by atoms with van der Waals surface area (Å²) in [6.45, 7) is 8.66. The topological polar surface area (TPSA) is 46.7 Å². The Kier molecular flexibility index (Phi) is 2.90. The van der Waals surface area contributed by atoms with Crippen LogP contribution in [0.4, 0.5) is 0 Å². The van der Waals surface area contributed by atoms with Gasteiger partial charge in [0.05, 0.1) is 0 Å². The third-order valence-electron chi connectivity index (χ3n) is 9.34. The molecule has 0 bridgehead atoms. The Hall–Kier alpha value is -0.960. The highest BCUT2D eigenvalue weighted by Gasteiger charge is 2.85. The van der Waals surface area contributed by atoms with Crippen molar-refractivity contribution in [2.24, 2.45) is 28.6 Å². The van der Waals surface area contributed by atoms with E-state index in [0.717, 1.165) is 25.7 Å². The second-order valence-electron chi connectivity index (χ2n) is 10.2. The van der Waals surface area contributed by atoms with E-state index >= 15 is 0 Å². The number of hydrogen-bond donors (Lipinski definition) is 0. The Bertz CT molecular complexity index is 723. The fourth-order valence-corrected chi connectivity index (χ4v) is 8.18. The number of fused-ring (bicyclic) bond motifs is 7. The summed E-state index contributed by atoms with van der Waals surface area (Å²) >= 11 is 0. The van der Waals surface area contributed by atoms with E-state index in [4.69, 9.17) is 4.74 Å². The zero-order valence-corrected chi connectivity index (χ0v) is 16.0. The van der Waals surface area contributed by atoms with Gasteiger partial charge in [-0.25, -0.2) is 0 Å². The first-order chi connectivity index (χ1) is 11.7. The van der Waals surface area contributed by atoms with E-state index < -0.39 is 5.60 Å². The third kappa shape index (κ3) is 1.63. The first kappa shape index (κ1) is 16.2. The maximum Gasteiger partial charge on any atom is 0.165 e. The predicted molar refractivity (Wildman–Crippen MR) is 95.0 cm³/mol. The maximum absolute atomic E-state index is 12.6. The van der Waals surface area contributed by atoms with Crippen LogP contribution >= 0.6 is 0 Å². The van der Waals surface area contributed by atoms with Crippen molar-refractivity contribution in [2.75, 3.05) is 0 Å². The molecule has 3 saturated carbocycles. The molecule has 5 aliphatic rings. The Morgan fingerprint density at radius 2 is 1.88 bits per heavy atom. The van der Waals surface area contributed by atoms with Crippen LogP contribution in [0.5, 0.6) is 0 Å². The van der Waals surface area contributed by atoms with Crippen LogP contribution in [-0.2, 0) is 14.3 Å². The highest BCUT2D eigenvalue weighted by Crippen LogP contribution is 2.77. The molecule has 3 heteroatoms. The number of allylic oxidation sites excluding steroid dienone is 1. The molecule has 1 aliphatic heterocycles. The third-order valence-corrected chi connectivity index (χ3v) is 9.34. The van der Waals surface area contributed by atoms with E-state index in [0.29, 0.717) is 30.0 Å². The molecule has 0 spiro atoms. The zero-order chi connectivity index (χ0) is 17.8. The molecule has 0 aromatic rings. The van der Waals surface area contributed by atoms with Crippen molar-refractivity contribution >= 4 is 11.6 Å². The molecule has 0 radical (unpaired) electrons. The molecule has 0 amide bonds. The molecule has 25 heavy (non-hydrogen) atoms. The van der Waals surface area contributed by atoms with Crippen LogP contribution in [0.25, 0.3) is 0 Å². The molecule has 3 nitrogen and oxygen atoms in total. The van der Waals surface area contributed by atoms with Gasteiger partial charge in [-0.15, -0.1) is 0 Å². The van der Waals surface area contributed by atoms with Crippen LogP contribution in [0.3, 0.4) is 0 Å². The van der Waals surface area contributed by atoms with Gasteiger partial charge in [0.25, 0.3) is 0 Å². The Morgan fingerprint density at radius 3 is 2.60 bits per heavy atom. The fourth-order valence-electron chi connectivity index (χ4n) is 8.18. The summed E-state index contributed by atoms with van der Waals surface area (Å²) in [6.07, 6.45) is 9.26. The highest BCUT2D eigenvalue weighted by molar-refractivity contribution is 5.92. The van der Waals surface area contributed by atoms with E-state index in [1.807, 2.05) is 6.08 Å². The largest absolute Gasteiger partial charge is 0.354 e. The Balaban J connectivity index is 1.54. The summed E-state index contributed by atoms with van der Waals surface area (Å²) in [5, 5.41) is 0. The van der Waals surface area contributed by atoms with Gasteiger partial charge < -0.3 is 4.74 Å². The second kappa shape index (κ2) is 4.47. The van der Waals surface area contributed by atoms with Crippen molar-refractivity contribution in [3.05, 3.63) is 11.6 Å². The van der Waals surface area contributed by atoms with Gasteiger partial charge in [0.1, 0.15) is 5.60 Å². The number of rotatable bonds is 1. The van der Waals surface area contributed by atoms with Crippen molar-refractivity contribution in [2.45, 2.75) is 83.8 Å². The Labute approximate surface area is 150 Å². The number of hydrogen-bond acceptors (Lipinski definition) is 3. The Morgan fingerprint density at radius 1 is 1.12 bits per heavy atom. The van der Waals surface area contributed by atoms with Crippen molar-refractivity contribution in [1.82, 2.24) is 0 Å². The maximum atomic E-state index is 12.6. The minimum absolute atomic E-state index is 0.00316. The highest BCUT2D eigenvalue weighted by atomic mass is 16.6. The van der Waals surface area contributed by atoms with Gasteiger partial charge in [0, 0.05) is 11.8 Å². The lowest BCUT2D eigenvalue weighted by Crippen LogP contribution is -2.54. The van der Waals surface area contributed by atoms with Crippen molar-refractivity contribution in [3.8, 4) is 0 Å². The molecule has 0 aromatic heterocycles. The summed E-state index contributed by atoms with van der Waals surface area (Å²) in [5.41, 5.74) is 0.870. The predicted octanol–water partition coefficient (Wildman–Crippen LogP) is 4.24. The number of carbonyl (C=O) groups excluding carboxylic acids is 2. The molecule has 7 atom stereocenters. The van der Waals surface area contributed by atoms with Crippen molar-refractivity contribution < 1.29 is 14.3 Å². The SMILES string of the molecule is CC(=O)C12OC1(C)CC1C3CCC4=CC(=O)CCC4(C)C3CCC12C. The zero-order valence-electron chi connectivity index (χ0n) is 16.0. The van der Waals surface area contributed by atoms with Gasteiger partial charge in [-0.2, -0.15) is 0 Å². The van der Waals surface area contributed by atoms with Gasteiger partial charge in [-0.05, 0) is 81.6 Å². The van der Waals surface area contributed by atoms with Crippen LogP contribution in [-0.4, -0.2) is 22.8 Å². The molecular weight excluding hydrogens is 312 g/mol. The number of ether oxygens (including phenoxy) is 1. The van der Waals surface area contributed by atoms with Crippen LogP contribution in [0.2, 0.25) is 0 Å². The van der Waals surface area contributed by atoms with Crippen LogP contribution in [0, 0.1) is 28.6 Å². The number of ketones is 2. The lowest BCUT2D eigenvalue weighted by molar-refractivity contribution is -0.137. The van der Waals surface area contributed by atoms with Crippen LogP contribution < -0.4 is 0 Å². The normalized spacial score (nSPS) is 56.2. The number of epoxide rings is 1. The van der Waals surface area contributed by atoms with Gasteiger partial charge in [-0.1, -0.05) is 19.4 Å². The monoisotopic (exact) mass is 342 g/mol. The van der Waals surface area contributed by atoms with E-state index in [1.165, 1.54) is 18.4 Å². The second-order valence-corrected chi connectivity index (χ2v) is 10.2. The molecule has 1 heterocycles. The van der Waals surface area contributed by atoms with Crippen molar-refractivity contribution in [1.29, 1.82) is 0 Å². The van der Waals surface area contributed by atoms with Gasteiger partial charge in [0.15, 0.2) is 17.2 Å². The van der Waals surface area contributed by atoms with Gasteiger partial charge in [-0.3, -0.25) is 9.59 Å².